The standard InChI is InChI=1S/C21H32NO2S/c1-7-20(4,5)16-8-10-18(11-9-16)25(23,24)22-15-21(6)13-17(22)12-19(2,3)14-21/h8-11,17H,1,7,12-15H2,2-6H3/q+1. The van der Waals surface area contributed by atoms with E-state index in [1.54, 1.807) is 16.4 Å². The van der Waals surface area contributed by atoms with Crippen molar-refractivity contribution < 1.29 is 8.42 Å². The molecule has 0 amide bonds. The molecular weight excluding hydrogens is 330 g/mol. The quantitative estimate of drug-likeness (QED) is 0.723. The smallest absolute Gasteiger partial charge is 0.207 e. The molecule has 25 heavy (non-hydrogen) atoms. The van der Waals surface area contributed by atoms with Crippen LogP contribution in [0.15, 0.2) is 29.2 Å². The number of nitrogens with zero attached hydrogens (tertiary/aromatic N) is 1. The van der Waals surface area contributed by atoms with Crippen LogP contribution in [-0.2, 0) is 15.4 Å². The molecule has 0 N–H and O–H groups in total. The Kier molecular flexibility index (Phi) is 4.32. The summed E-state index contributed by atoms with van der Waals surface area (Å²) in [4.78, 5) is 0.421. The summed E-state index contributed by atoms with van der Waals surface area (Å²) in [6.07, 6.45) is 3.82. The third kappa shape index (κ3) is 3.35. The van der Waals surface area contributed by atoms with Crippen molar-refractivity contribution in [3.8, 4) is 0 Å². The lowest BCUT2D eigenvalue weighted by molar-refractivity contribution is 0.133. The van der Waals surface area contributed by atoms with E-state index in [1.165, 1.54) is 0 Å². The molecule has 1 heterocycles. The molecule has 2 unspecified atom stereocenters. The van der Waals surface area contributed by atoms with Gasteiger partial charge in [0.05, 0.1) is 18.2 Å². The Labute approximate surface area is 153 Å². The fourth-order valence-electron chi connectivity index (χ4n) is 5.05. The maximum atomic E-state index is 13.3. The molecule has 1 aliphatic heterocycles. The van der Waals surface area contributed by atoms with E-state index in [9.17, 15) is 8.42 Å². The average Bonchev–Trinajstić information content (AvgIpc) is 2.77. The molecule has 2 fully saturated rings. The lowest BCUT2D eigenvalue weighted by Gasteiger charge is -2.39. The molecule has 1 aromatic carbocycles. The predicted octanol–water partition coefficient (Wildman–Crippen LogP) is 4.78. The summed E-state index contributed by atoms with van der Waals surface area (Å²) in [6, 6.07) is 7.59. The molecule has 1 aliphatic carbocycles. The molecular formula is C21H32NO2S+. The van der Waals surface area contributed by atoms with Crippen LogP contribution < -0.4 is 0 Å². The van der Waals surface area contributed by atoms with Crippen molar-refractivity contribution in [1.82, 2.24) is 4.31 Å². The minimum Gasteiger partial charge on any atom is -0.207 e. The fraction of sp³-hybridized carbons (Fsp3) is 0.667. The number of rotatable bonds is 4. The maximum absolute atomic E-state index is 13.3. The Bertz CT molecular complexity index is 749. The summed E-state index contributed by atoms with van der Waals surface area (Å²) >= 11 is 0. The van der Waals surface area contributed by atoms with Crippen LogP contribution in [0.3, 0.4) is 0 Å². The third-order valence-corrected chi connectivity index (χ3v) is 8.15. The van der Waals surface area contributed by atoms with Crippen molar-refractivity contribution in [1.29, 1.82) is 0 Å². The average molecular weight is 363 g/mol. The van der Waals surface area contributed by atoms with Gasteiger partial charge in [0.25, 0.3) is 0 Å². The van der Waals surface area contributed by atoms with Gasteiger partial charge in [-0.1, -0.05) is 46.8 Å². The lowest BCUT2D eigenvalue weighted by atomic mass is 9.65. The van der Waals surface area contributed by atoms with Gasteiger partial charge in [0, 0.05) is 18.0 Å². The number of hydrogen-bond donors (Lipinski definition) is 0. The minimum absolute atomic E-state index is 0.0377. The van der Waals surface area contributed by atoms with Crippen LogP contribution in [-0.4, -0.2) is 25.3 Å². The summed E-state index contributed by atoms with van der Waals surface area (Å²) < 4.78 is 28.3. The second-order valence-corrected chi connectivity index (χ2v) is 11.8. The molecule has 2 aliphatic rings. The highest BCUT2D eigenvalue weighted by Crippen LogP contribution is 2.53. The SMILES string of the molecule is [CH2+]CC(C)(C)c1ccc(S(=O)(=O)N2CC3(C)CC2CC(C)(C)C3)cc1. The molecule has 2 atom stereocenters. The van der Waals surface area contributed by atoms with Crippen LogP contribution >= 0.6 is 0 Å². The van der Waals surface area contributed by atoms with Gasteiger partial charge in [-0.3, -0.25) is 0 Å². The van der Waals surface area contributed by atoms with Gasteiger partial charge in [-0.2, -0.15) is 4.31 Å². The van der Waals surface area contributed by atoms with Crippen molar-refractivity contribution in [3.05, 3.63) is 36.8 Å². The first-order valence-corrected chi connectivity index (χ1v) is 10.7. The summed E-state index contributed by atoms with van der Waals surface area (Å²) in [7, 11) is -3.43. The Morgan fingerprint density at radius 2 is 1.76 bits per heavy atom. The number of fused-ring (bicyclic) bond motifs is 2. The highest BCUT2D eigenvalue weighted by Gasteiger charge is 2.53. The molecule has 1 saturated heterocycles. The maximum Gasteiger partial charge on any atom is 0.243 e. The highest BCUT2D eigenvalue weighted by molar-refractivity contribution is 7.89. The van der Waals surface area contributed by atoms with Crippen molar-refractivity contribution in [2.75, 3.05) is 6.54 Å². The van der Waals surface area contributed by atoms with E-state index in [4.69, 9.17) is 0 Å². The van der Waals surface area contributed by atoms with Crippen LogP contribution in [0.5, 0.6) is 0 Å². The van der Waals surface area contributed by atoms with Crippen molar-refractivity contribution in [2.24, 2.45) is 10.8 Å². The molecule has 0 spiro atoms. The van der Waals surface area contributed by atoms with Crippen LogP contribution in [0.25, 0.3) is 0 Å². The topological polar surface area (TPSA) is 37.4 Å². The number of hydrogen-bond acceptors (Lipinski definition) is 2. The van der Waals surface area contributed by atoms with Gasteiger partial charge in [-0.25, -0.2) is 8.42 Å². The molecule has 0 radical (unpaired) electrons. The molecule has 138 valence electrons. The van der Waals surface area contributed by atoms with Gasteiger partial charge >= 0.3 is 0 Å². The summed E-state index contributed by atoms with van der Waals surface area (Å²) in [5, 5.41) is 0. The van der Waals surface area contributed by atoms with E-state index in [0.717, 1.165) is 31.2 Å². The van der Waals surface area contributed by atoms with Gasteiger partial charge in [0.2, 0.25) is 10.0 Å². The summed E-state index contributed by atoms with van der Waals surface area (Å²) in [5.74, 6) is 0. The molecule has 4 heteroatoms. The van der Waals surface area contributed by atoms with Gasteiger partial charge in [-0.15, -0.1) is 0 Å². The second-order valence-electron chi connectivity index (χ2n) is 9.92. The molecule has 0 aromatic heterocycles. The lowest BCUT2D eigenvalue weighted by Crippen LogP contribution is -2.37. The fourth-order valence-corrected chi connectivity index (χ4v) is 6.82. The highest BCUT2D eigenvalue weighted by atomic mass is 32.2. The van der Waals surface area contributed by atoms with Crippen molar-refractivity contribution in [2.45, 2.75) is 76.7 Å². The van der Waals surface area contributed by atoms with Crippen molar-refractivity contribution >= 4 is 10.0 Å². The normalized spacial score (nSPS) is 29.7. The predicted molar refractivity (Wildman–Crippen MR) is 103 cm³/mol. The monoisotopic (exact) mass is 362 g/mol. The molecule has 1 saturated carbocycles. The van der Waals surface area contributed by atoms with E-state index in [-0.39, 0.29) is 22.3 Å². The summed E-state index contributed by atoms with van der Waals surface area (Å²) in [5.41, 5.74) is 1.41. The van der Waals surface area contributed by atoms with Gasteiger partial charge in [0.1, 0.15) is 0 Å². The molecule has 1 aromatic rings. The first-order chi connectivity index (χ1) is 11.4. The second kappa shape index (κ2) is 5.75. The Morgan fingerprint density at radius 3 is 2.32 bits per heavy atom. The first-order valence-electron chi connectivity index (χ1n) is 9.30. The first kappa shape index (κ1) is 18.8. The zero-order valence-corrected chi connectivity index (χ0v) is 17.1. The number of sulfonamides is 1. The van der Waals surface area contributed by atoms with E-state index in [1.807, 2.05) is 12.1 Å². The van der Waals surface area contributed by atoms with Crippen LogP contribution in [0.4, 0.5) is 0 Å². The van der Waals surface area contributed by atoms with E-state index in [2.05, 4.69) is 41.5 Å². The molecule has 3 rings (SSSR count). The van der Waals surface area contributed by atoms with E-state index in [0.29, 0.717) is 11.4 Å². The van der Waals surface area contributed by atoms with E-state index < -0.39 is 10.0 Å². The van der Waals surface area contributed by atoms with Crippen molar-refractivity contribution in [3.63, 3.8) is 0 Å². The Balaban J connectivity index is 1.90. The molecule has 3 nitrogen and oxygen atoms in total. The van der Waals surface area contributed by atoms with Crippen LogP contribution in [0.2, 0.25) is 0 Å². The zero-order chi connectivity index (χ0) is 18.7. The molecule has 2 bridgehead atoms. The Morgan fingerprint density at radius 1 is 1.16 bits per heavy atom. The van der Waals surface area contributed by atoms with Gasteiger partial charge < -0.3 is 0 Å². The minimum atomic E-state index is -3.43. The van der Waals surface area contributed by atoms with Crippen LogP contribution in [0.1, 0.15) is 65.9 Å². The van der Waals surface area contributed by atoms with Gasteiger partial charge in [0.15, 0.2) is 0 Å². The largest absolute Gasteiger partial charge is 0.243 e. The van der Waals surface area contributed by atoms with E-state index >= 15 is 0 Å². The third-order valence-electron chi connectivity index (χ3n) is 6.23. The summed E-state index contributed by atoms with van der Waals surface area (Å²) in [6.45, 7) is 15.7. The number of benzene rings is 1. The van der Waals surface area contributed by atoms with Gasteiger partial charge in [-0.05, 0) is 47.8 Å². The van der Waals surface area contributed by atoms with Crippen LogP contribution in [0, 0.1) is 17.8 Å². The zero-order valence-electron chi connectivity index (χ0n) is 16.3. The Hall–Kier alpha value is -1.00.